The van der Waals surface area contributed by atoms with Gasteiger partial charge in [0.25, 0.3) is 0 Å². The van der Waals surface area contributed by atoms with Gasteiger partial charge in [0.15, 0.2) is 0 Å². The molecule has 0 aliphatic rings. The van der Waals surface area contributed by atoms with Crippen LogP contribution in [0.4, 0.5) is 0 Å². The first kappa shape index (κ1) is 22.8. The lowest BCUT2D eigenvalue weighted by atomic mass is 10.0. The van der Waals surface area contributed by atoms with Gasteiger partial charge in [-0.3, -0.25) is 9.59 Å². The molecule has 0 aromatic heterocycles. The van der Waals surface area contributed by atoms with E-state index < -0.39 is 6.04 Å². The summed E-state index contributed by atoms with van der Waals surface area (Å²) < 4.78 is 5.25. The van der Waals surface area contributed by atoms with Crippen LogP contribution in [0.15, 0.2) is 97.6 Å². The van der Waals surface area contributed by atoms with Crippen molar-refractivity contribution in [1.82, 2.24) is 10.2 Å². The maximum atomic E-state index is 13.5. The van der Waals surface area contributed by atoms with E-state index in [9.17, 15) is 9.59 Å². The summed E-state index contributed by atoms with van der Waals surface area (Å²) in [7, 11) is 1.61. The first-order chi connectivity index (χ1) is 15.6. The number of nitrogens with one attached hydrogen (secondary N) is 1. The largest absolute Gasteiger partial charge is 0.497 e. The van der Waals surface area contributed by atoms with Crippen LogP contribution in [0.5, 0.6) is 5.75 Å². The Hall–Kier alpha value is -3.86. The van der Waals surface area contributed by atoms with Crippen LogP contribution in [-0.4, -0.2) is 30.4 Å². The predicted molar refractivity (Wildman–Crippen MR) is 126 cm³/mol. The van der Waals surface area contributed by atoms with Gasteiger partial charge in [0.1, 0.15) is 11.8 Å². The lowest BCUT2D eigenvalue weighted by Gasteiger charge is -2.31. The van der Waals surface area contributed by atoms with Crippen molar-refractivity contribution in [1.29, 1.82) is 0 Å². The lowest BCUT2D eigenvalue weighted by Crippen LogP contribution is -2.44. The number of nitrogens with zero attached hydrogens (tertiary/aromatic N) is 1. The second-order valence-corrected chi connectivity index (χ2v) is 7.38. The molecule has 5 nitrogen and oxygen atoms in total. The van der Waals surface area contributed by atoms with Crippen LogP contribution in [0.25, 0.3) is 0 Å². The number of methoxy groups -OCH3 is 1. The Morgan fingerprint density at radius 2 is 1.56 bits per heavy atom. The van der Waals surface area contributed by atoms with Crippen LogP contribution in [0.2, 0.25) is 0 Å². The Balaban J connectivity index is 1.98. The van der Waals surface area contributed by atoms with Crippen molar-refractivity contribution in [3.05, 3.63) is 114 Å². The third-order valence-corrected chi connectivity index (χ3v) is 5.13. The Labute approximate surface area is 189 Å². The minimum atomic E-state index is -0.769. The van der Waals surface area contributed by atoms with Gasteiger partial charge in [0.05, 0.1) is 13.5 Å². The molecule has 3 aromatic carbocycles. The monoisotopic (exact) mass is 428 g/mol. The first-order valence-corrected chi connectivity index (χ1v) is 10.5. The number of ether oxygens (including phenoxy) is 1. The predicted octanol–water partition coefficient (Wildman–Crippen LogP) is 4.31. The number of hydrogen-bond donors (Lipinski definition) is 1. The summed E-state index contributed by atoms with van der Waals surface area (Å²) in [6.45, 7) is 4.29. The molecule has 0 unspecified atom stereocenters. The SMILES string of the molecule is C=CCNC(=O)[C@H](c1ccccc1)N(Cc1ccc(OC)cc1)C(=O)Cc1ccccc1. The normalized spacial score (nSPS) is 11.3. The van der Waals surface area contributed by atoms with Crippen molar-refractivity contribution in [2.75, 3.05) is 13.7 Å². The van der Waals surface area contributed by atoms with Crippen molar-refractivity contribution in [3.63, 3.8) is 0 Å². The second kappa shape index (κ2) is 11.5. The molecule has 0 saturated heterocycles. The smallest absolute Gasteiger partial charge is 0.247 e. The standard InChI is InChI=1S/C27H28N2O3/c1-3-18-28-27(31)26(23-12-8-5-9-13-23)29(20-22-14-16-24(32-2)17-15-22)25(30)19-21-10-6-4-7-11-21/h3-17,26H,1,18-20H2,2H3,(H,28,31)/t26-/m0/s1. The maximum Gasteiger partial charge on any atom is 0.247 e. The fourth-order valence-electron chi connectivity index (χ4n) is 3.50. The highest BCUT2D eigenvalue weighted by atomic mass is 16.5. The van der Waals surface area contributed by atoms with Gasteiger partial charge in [-0.05, 0) is 28.8 Å². The van der Waals surface area contributed by atoms with E-state index in [1.807, 2.05) is 84.9 Å². The minimum Gasteiger partial charge on any atom is -0.497 e. The Morgan fingerprint density at radius 3 is 2.16 bits per heavy atom. The third-order valence-electron chi connectivity index (χ3n) is 5.13. The zero-order chi connectivity index (χ0) is 22.8. The number of rotatable bonds is 10. The van der Waals surface area contributed by atoms with Crippen LogP contribution in [0.3, 0.4) is 0 Å². The Bertz CT molecular complexity index is 1020. The molecule has 3 rings (SSSR count). The number of benzene rings is 3. The van der Waals surface area contributed by atoms with Crippen molar-refractivity contribution in [3.8, 4) is 5.75 Å². The van der Waals surface area contributed by atoms with E-state index in [1.54, 1.807) is 18.1 Å². The summed E-state index contributed by atoms with van der Waals surface area (Å²) in [5.41, 5.74) is 2.56. The second-order valence-electron chi connectivity index (χ2n) is 7.38. The van der Waals surface area contributed by atoms with E-state index in [0.29, 0.717) is 6.54 Å². The lowest BCUT2D eigenvalue weighted by molar-refractivity contribution is -0.141. The molecule has 2 amide bonds. The molecule has 5 heteroatoms. The van der Waals surface area contributed by atoms with Gasteiger partial charge >= 0.3 is 0 Å². The summed E-state index contributed by atoms with van der Waals surface area (Å²) in [5, 5.41) is 2.86. The average molecular weight is 429 g/mol. The quantitative estimate of drug-likeness (QED) is 0.490. The van der Waals surface area contributed by atoms with Crippen LogP contribution in [0, 0.1) is 0 Å². The van der Waals surface area contributed by atoms with Gasteiger partial charge in [0.2, 0.25) is 11.8 Å². The molecule has 0 fully saturated rings. The molecule has 0 spiro atoms. The van der Waals surface area contributed by atoms with Crippen LogP contribution >= 0.6 is 0 Å². The summed E-state index contributed by atoms with van der Waals surface area (Å²) in [6, 6.07) is 25.7. The number of carbonyl (C=O) groups is 2. The first-order valence-electron chi connectivity index (χ1n) is 10.5. The highest BCUT2D eigenvalue weighted by Crippen LogP contribution is 2.25. The van der Waals surface area contributed by atoms with E-state index in [0.717, 1.165) is 22.4 Å². The molecule has 0 bridgehead atoms. The van der Waals surface area contributed by atoms with E-state index in [2.05, 4.69) is 11.9 Å². The molecule has 164 valence electrons. The van der Waals surface area contributed by atoms with Crippen LogP contribution < -0.4 is 10.1 Å². The van der Waals surface area contributed by atoms with Gasteiger partial charge in [-0.2, -0.15) is 0 Å². The molecule has 0 saturated carbocycles. The van der Waals surface area contributed by atoms with E-state index in [4.69, 9.17) is 4.74 Å². The van der Waals surface area contributed by atoms with Crippen molar-refractivity contribution >= 4 is 11.8 Å². The van der Waals surface area contributed by atoms with Crippen LogP contribution in [0.1, 0.15) is 22.7 Å². The summed E-state index contributed by atoms with van der Waals surface area (Å²) >= 11 is 0. The molecule has 0 radical (unpaired) electrons. The maximum absolute atomic E-state index is 13.5. The highest BCUT2D eigenvalue weighted by Gasteiger charge is 2.31. The zero-order valence-corrected chi connectivity index (χ0v) is 18.2. The highest BCUT2D eigenvalue weighted by molar-refractivity contribution is 5.89. The molecule has 0 aliphatic carbocycles. The molecule has 1 atom stereocenters. The molecule has 3 aromatic rings. The van der Waals surface area contributed by atoms with Gasteiger partial charge in [0, 0.05) is 13.1 Å². The van der Waals surface area contributed by atoms with E-state index in [-0.39, 0.29) is 24.8 Å². The fourth-order valence-corrected chi connectivity index (χ4v) is 3.50. The van der Waals surface area contributed by atoms with Crippen LogP contribution in [-0.2, 0) is 22.6 Å². The fraction of sp³-hybridized carbons (Fsp3) is 0.185. The topological polar surface area (TPSA) is 58.6 Å². The van der Waals surface area contributed by atoms with E-state index >= 15 is 0 Å². The summed E-state index contributed by atoms with van der Waals surface area (Å²) in [6.07, 6.45) is 1.83. The van der Waals surface area contributed by atoms with Crippen molar-refractivity contribution in [2.24, 2.45) is 0 Å². The van der Waals surface area contributed by atoms with Gasteiger partial charge in [-0.15, -0.1) is 6.58 Å². The van der Waals surface area contributed by atoms with Crippen molar-refractivity contribution in [2.45, 2.75) is 19.0 Å². The van der Waals surface area contributed by atoms with Gasteiger partial charge in [-0.1, -0.05) is 78.9 Å². The van der Waals surface area contributed by atoms with Gasteiger partial charge < -0.3 is 15.0 Å². The third kappa shape index (κ3) is 6.08. The number of hydrogen-bond acceptors (Lipinski definition) is 3. The zero-order valence-electron chi connectivity index (χ0n) is 18.2. The molecule has 0 aliphatic heterocycles. The van der Waals surface area contributed by atoms with Gasteiger partial charge in [-0.25, -0.2) is 0 Å². The van der Waals surface area contributed by atoms with E-state index in [1.165, 1.54) is 0 Å². The van der Waals surface area contributed by atoms with Crippen molar-refractivity contribution < 1.29 is 14.3 Å². The average Bonchev–Trinajstić information content (AvgIpc) is 2.84. The number of carbonyl (C=O) groups excluding carboxylic acids is 2. The summed E-state index contributed by atoms with van der Waals surface area (Å²) in [4.78, 5) is 28.4. The molecular weight excluding hydrogens is 400 g/mol. The Morgan fingerprint density at radius 1 is 0.938 bits per heavy atom. The number of amides is 2. The molecule has 0 heterocycles. The molecule has 1 N–H and O–H groups in total. The Kier molecular flexibility index (Phi) is 8.21. The molecular formula is C27H28N2O3. The summed E-state index contributed by atoms with van der Waals surface area (Å²) in [5.74, 6) is 0.361. The molecule has 32 heavy (non-hydrogen) atoms. The minimum absolute atomic E-state index is 0.130.